The van der Waals surface area contributed by atoms with Crippen LogP contribution in [0, 0.1) is 5.92 Å². The Balaban J connectivity index is 1.87. The Kier molecular flexibility index (Phi) is 4.62. The molecule has 1 N–H and O–H groups in total. The van der Waals surface area contributed by atoms with Gasteiger partial charge in [0, 0.05) is 25.2 Å². The Morgan fingerprint density at radius 1 is 1.22 bits per heavy atom. The number of hydrogen-bond donors (Lipinski definition) is 1. The molecule has 0 aromatic carbocycles. The summed E-state index contributed by atoms with van der Waals surface area (Å²) in [7, 11) is 4.27. The van der Waals surface area contributed by atoms with E-state index >= 15 is 0 Å². The van der Waals surface area contributed by atoms with Crippen LogP contribution in [0.4, 0.5) is 0 Å². The Morgan fingerprint density at radius 3 is 2.44 bits per heavy atom. The van der Waals surface area contributed by atoms with Gasteiger partial charge >= 0.3 is 0 Å². The van der Waals surface area contributed by atoms with E-state index < -0.39 is 0 Å². The van der Waals surface area contributed by atoms with Gasteiger partial charge in [-0.15, -0.1) is 0 Å². The summed E-state index contributed by atoms with van der Waals surface area (Å²) >= 11 is 0. The van der Waals surface area contributed by atoms with Gasteiger partial charge in [-0.1, -0.05) is 0 Å². The van der Waals surface area contributed by atoms with Crippen molar-refractivity contribution in [3.63, 3.8) is 0 Å². The van der Waals surface area contributed by atoms with Crippen LogP contribution in [-0.2, 0) is 4.79 Å². The first-order valence-electron chi connectivity index (χ1n) is 7.28. The zero-order valence-corrected chi connectivity index (χ0v) is 12.0. The first-order valence-corrected chi connectivity index (χ1v) is 7.28. The highest BCUT2D eigenvalue weighted by molar-refractivity contribution is 5.79. The number of amides is 1. The molecule has 2 aliphatic rings. The topological polar surface area (TPSA) is 35.6 Å². The van der Waals surface area contributed by atoms with Crippen LogP contribution in [0.2, 0.25) is 0 Å². The standard InChI is InChI=1S/C14H27N3O/c1-11-13(5-4-8-15-11)14(18)17-9-6-12(7-10-17)16(2)3/h11-13,15H,4-10H2,1-3H3. The predicted molar refractivity (Wildman–Crippen MR) is 73.5 cm³/mol. The molecule has 2 rings (SSSR count). The molecule has 0 aliphatic carbocycles. The van der Waals surface area contributed by atoms with E-state index in [-0.39, 0.29) is 5.92 Å². The fraction of sp³-hybridized carbons (Fsp3) is 0.929. The number of nitrogens with one attached hydrogen (secondary N) is 1. The zero-order valence-electron chi connectivity index (χ0n) is 12.0. The fourth-order valence-electron chi connectivity index (χ4n) is 3.22. The van der Waals surface area contributed by atoms with Crippen LogP contribution in [0.15, 0.2) is 0 Å². The van der Waals surface area contributed by atoms with Crippen molar-refractivity contribution in [1.82, 2.24) is 15.1 Å². The number of nitrogens with zero attached hydrogens (tertiary/aromatic N) is 2. The van der Waals surface area contributed by atoms with Crippen molar-refractivity contribution in [3.05, 3.63) is 0 Å². The lowest BCUT2D eigenvalue weighted by atomic mass is 9.90. The summed E-state index contributed by atoms with van der Waals surface area (Å²) in [6.45, 7) is 5.08. The highest BCUT2D eigenvalue weighted by Crippen LogP contribution is 2.22. The third-order valence-corrected chi connectivity index (χ3v) is 4.59. The first kappa shape index (κ1) is 13.8. The molecule has 4 nitrogen and oxygen atoms in total. The van der Waals surface area contributed by atoms with Gasteiger partial charge in [-0.2, -0.15) is 0 Å². The number of piperidine rings is 2. The molecule has 2 heterocycles. The van der Waals surface area contributed by atoms with Crippen molar-refractivity contribution in [2.45, 2.75) is 44.7 Å². The molecule has 0 aromatic heterocycles. The monoisotopic (exact) mass is 253 g/mol. The van der Waals surface area contributed by atoms with Gasteiger partial charge in [0.2, 0.25) is 5.91 Å². The summed E-state index contributed by atoms with van der Waals surface area (Å²) in [6, 6.07) is 0.994. The first-order chi connectivity index (χ1) is 8.59. The summed E-state index contributed by atoms with van der Waals surface area (Å²) in [4.78, 5) is 16.9. The highest BCUT2D eigenvalue weighted by atomic mass is 16.2. The summed E-state index contributed by atoms with van der Waals surface area (Å²) in [5, 5.41) is 3.42. The maximum Gasteiger partial charge on any atom is 0.227 e. The molecule has 2 fully saturated rings. The molecular weight excluding hydrogens is 226 g/mol. The zero-order chi connectivity index (χ0) is 13.1. The summed E-state index contributed by atoms with van der Waals surface area (Å²) in [5.41, 5.74) is 0. The van der Waals surface area contributed by atoms with Gasteiger partial charge in [0.15, 0.2) is 0 Å². The lowest BCUT2D eigenvalue weighted by Crippen LogP contribution is -2.51. The lowest BCUT2D eigenvalue weighted by Gasteiger charge is -2.39. The van der Waals surface area contributed by atoms with Gasteiger partial charge in [0.05, 0.1) is 5.92 Å². The van der Waals surface area contributed by atoms with Gasteiger partial charge in [-0.05, 0) is 53.2 Å². The molecule has 4 heteroatoms. The van der Waals surface area contributed by atoms with Crippen molar-refractivity contribution in [1.29, 1.82) is 0 Å². The molecule has 0 spiro atoms. The molecule has 0 radical (unpaired) electrons. The average molecular weight is 253 g/mol. The van der Waals surface area contributed by atoms with Crippen molar-refractivity contribution in [3.8, 4) is 0 Å². The van der Waals surface area contributed by atoms with Crippen molar-refractivity contribution >= 4 is 5.91 Å². The number of carbonyl (C=O) groups is 1. The van der Waals surface area contributed by atoms with E-state index in [1.807, 2.05) is 0 Å². The third kappa shape index (κ3) is 3.04. The summed E-state index contributed by atoms with van der Waals surface area (Å²) in [5.74, 6) is 0.585. The molecule has 2 atom stereocenters. The largest absolute Gasteiger partial charge is 0.342 e. The third-order valence-electron chi connectivity index (χ3n) is 4.59. The SMILES string of the molecule is CC1NCCCC1C(=O)N1CCC(N(C)C)CC1. The van der Waals surface area contributed by atoms with Crippen LogP contribution in [-0.4, -0.2) is 61.5 Å². The van der Waals surface area contributed by atoms with Gasteiger partial charge in [-0.3, -0.25) is 4.79 Å². The molecular formula is C14H27N3O. The second-order valence-corrected chi connectivity index (χ2v) is 6.01. The molecule has 0 bridgehead atoms. The fourth-order valence-corrected chi connectivity index (χ4v) is 3.22. The number of hydrogen-bond acceptors (Lipinski definition) is 3. The van der Waals surface area contributed by atoms with E-state index in [0.717, 1.165) is 45.3 Å². The molecule has 0 aromatic rings. The van der Waals surface area contributed by atoms with Gasteiger partial charge in [-0.25, -0.2) is 0 Å². The van der Waals surface area contributed by atoms with E-state index in [2.05, 4.69) is 36.1 Å². The second-order valence-electron chi connectivity index (χ2n) is 6.01. The Hall–Kier alpha value is -0.610. The van der Waals surface area contributed by atoms with Gasteiger partial charge in [0.1, 0.15) is 0 Å². The van der Waals surface area contributed by atoms with Crippen molar-refractivity contribution < 1.29 is 4.79 Å². The molecule has 2 aliphatic heterocycles. The number of likely N-dealkylation sites (tertiary alicyclic amines) is 1. The molecule has 104 valence electrons. The minimum absolute atomic E-state index is 0.203. The van der Waals surface area contributed by atoms with Crippen molar-refractivity contribution in [2.75, 3.05) is 33.7 Å². The van der Waals surface area contributed by atoms with Gasteiger partial charge in [0.25, 0.3) is 0 Å². The van der Waals surface area contributed by atoms with Crippen LogP contribution in [0.25, 0.3) is 0 Å². The molecule has 2 saturated heterocycles. The van der Waals surface area contributed by atoms with Crippen LogP contribution in [0.1, 0.15) is 32.6 Å². The van der Waals surface area contributed by atoms with Crippen LogP contribution < -0.4 is 5.32 Å². The minimum atomic E-state index is 0.203. The second kappa shape index (κ2) is 6.02. The summed E-state index contributed by atoms with van der Waals surface area (Å²) in [6.07, 6.45) is 4.43. The Labute approximate surface area is 111 Å². The molecule has 18 heavy (non-hydrogen) atoms. The summed E-state index contributed by atoms with van der Waals surface area (Å²) < 4.78 is 0. The van der Waals surface area contributed by atoms with Gasteiger partial charge < -0.3 is 15.1 Å². The quantitative estimate of drug-likeness (QED) is 0.795. The maximum absolute atomic E-state index is 12.5. The van der Waals surface area contributed by atoms with E-state index in [0.29, 0.717) is 18.0 Å². The van der Waals surface area contributed by atoms with E-state index in [4.69, 9.17) is 0 Å². The van der Waals surface area contributed by atoms with Crippen LogP contribution in [0.3, 0.4) is 0 Å². The Bertz CT molecular complexity index is 285. The predicted octanol–water partition coefficient (Wildman–Crippen LogP) is 0.927. The molecule has 1 amide bonds. The Morgan fingerprint density at radius 2 is 1.89 bits per heavy atom. The number of carbonyl (C=O) groups excluding carboxylic acids is 1. The highest BCUT2D eigenvalue weighted by Gasteiger charge is 2.33. The normalized spacial score (nSPS) is 30.8. The van der Waals surface area contributed by atoms with E-state index in [9.17, 15) is 4.79 Å². The lowest BCUT2D eigenvalue weighted by molar-refractivity contribution is -0.138. The maximum atomic E-state index is 12.5. The number of rotatable bonds is 2. The van der Waals surface area contributed by atoms with E-state index in [1.165, 1.54) is 0 Å². The van der Waals surface area contributed by atoms with Crippen molar-refractivity contribution in [2.24, 2.45) is 5.92 Å². The molecule has 0 saturated carbocycles. The van der Waals surface area contributed by atoms with Crippen LogP contribution >= 0.6 is 0 Å². The van der Waals surface area contributed by atoms with Crippen LogP contribution in [0.5, 0.6) is 0 Å². The average Bonchev–Trinajstić information content (AvgIpc) is 2.38. The minimum Gasteiger partial charge on any atom is -0.342 e. The molecule has 2 unspecified atom stereocenters. The smallest absolute Gasteiger partial charge is 0.227 e. The van der Waals surface area contributed by atoms with E-state index in [1.54, 1.807) is 0 Å².